The van der Waals surface area contributed by atoms with E-state index in [9.17, 15) is 0 Å². The first-order valence-corrected chi connectivity index (χ1v) is 7.49. The minimum absolute atomic E-state index is 0.687. The van der Waals surface area contributed by atoms with Crippen LogP contribution in [0.4, 0.5) is 0 Å². The molecule has 0 bridgehead atoms. The zero-order chi connectivity index (χ0) is 13.9. The minimum atomic E-state index is 0.687. The van der Waals surface area contributed by atoms with Crippen molar-refractivity contribution in [1.82, 2.24) is 15.2 Å². The molecule has 5 heteroatoms. The third kappa shape index (κ3) is 2.55. The molecule has 0 fully saturated rings. The molecular formula is C15H16N4S. The monoisotopic (exact) mass is 284 g/mol. The van der Waals surface area contributed by atoms with Gasteiger partial charge in [-0.15, -0.1) is 10.2 Å². The highest BCUT2D eigenvalue weighted by molar-refractivity contribution is 7.14. The Morgan fingerprint density at radius 2 is 2.05 bits per heavy atom. The Balaban J connectivity index is 2.07. The largest absolute Gasteiger partial charge is 0.330 e. The molecule has 102 valence electrons. The molecule has 2 N–H and O–H groups in total. The van der Waals surface area contributed by atoms with Crippen molar-refractivity contribution < 1.29 is 0 Å². The lowest BCUT2D eigenvalue weighted by Crippen LogP contribution is -1.99. The summed E-state index contributed by atoms with van der Waals surface area (Å²) in [4.78, 5) is 4.56. The summed E-state index contributed by atoms with van der Waals surface area (Å²) in [7, 11) is 0. The first kappa shape index (κ1) is 13.1. The van der Waals surface area contributed by atoms with Crippen molar-refractivity contribution in [3.05, 3.63) is 41.0 Å². The molecule has 2 aromatic heterocycles. The van der Waals surface area contributed by atoms with Crippen LogP contribution in [0.2, 0.25) is 0 Å². The maximum Gasteiger partial charge on any atom is 0.148 e. The fraction of sp³-hybridized carbons (Fsp3) is 0.267. The van der Waals surface area contributed by atoms with Crippen molar-refractivity contribution in [2.45, 2.75) is 19.8 Å². The first-order valence-electron chi connectivity index (χ1n) is 6.67. The molecule has 0 atom stereocenters. The second-order valence-electron chi connectivity index (χ2n) is 4.72. The normalized spacial score (nSPS) is 11.1. The van der Waals surface area contributed by atoms with Crippen LogP contribution in [0.5, 0.6) is 0 Å². The zero-order valence-electron chi connectivity index (χ0n) is 11.3. The number of rotatable bonds is 4. The Morgan fingerprint density at radius 3 is 2.90 bits per heavy atom. The molecule has 3 rings (SSSR count). The average molecular weight is 284 g/mol. The Morgan fingerprint density at radius 1 is 1.20 bits per heavy atom. The van der Waals surface area contributed by atoms with Crippen LogP contribution in [0.15, 0.2) is 30.3 Å². The van der Waals surface area contributed by atoms with E-state index < -0.39 is 0 Å². The predicted molar refractivity (Wildman–Crippen MR) is 82.8 cm³/mol. The maximum absolute atomic E-state index is 5.54. The number of para-hydroxylation sites is 1. The summed E-state index contributed by atoms with van der Waals surface area (Å²) >= 11 is 1.64. The average Bonchev–Trinajstić information content (AvgIpc) is 2.93. The second-order valence-corrected chi connectivity index (χ2v) is 5.78. The number of aryl methyl sites for hydroxylation is 2. The fourth-order valence-corrected chi connectivity index (χ4v) is 3.11. The quantitative estimate of drug-likeness (QED) is 0.800. The molecule has 4 nitrogen and oxygen atoms in total. The van der Waals surface area contributed by atoms with Gasteiger partial charge in [-0.25, -0.2) is 0 Å². The van der Waals surface area contributed by atoms with E-state index in [1.165, 1.54) is 0 Å². The van der Waals surface area contributed by atoms with Gasteiger partial charge in [0.15, 0.2) is 0 Å². The van der Waals surface area contributed by atoms with Gasteiger partial charge in [0.05, 0.1) is 5.52 Å². The van der Waals surface area contributed by atoms with Gasteiger partial charge in [-0.1, -0.05) is 29.5 Å². The summed E-state index contributed by atoms with van der Waals surface area (Å²) in [5, 5.41) is 11.7. The lowest BCUT2D eigenvalue weighted by atomic mass is 10.1. The molecule has 20 heavy (non-hydrogen) atoms. The third-order valence-corrected chi connectivity index (χ3v) is 4.15. The molecule has 0 radical (unpaired) electrons. The van der Waals surface area contributed by atoms with Crippen LogP contribution in [-0.2, 0) is 6.42 Å². The maximum atomic E-state index is 5.54. The summed E-state index contributed by atoms with van der Waals surface area (Å²) in [6.07, 6.45) is 1.85. The standard InChI is InChI=1S/C15H16N4S/c1-10-9-12(11-5-2-3-6-13(11)17-10)15-19-18-14(20-15)7-4-8-16/h2-3,5-6,9H,4,7-8,16H2,1H3. The summed E-state index contributed by atoms with van der Waals surface area (Å²) in [5.74, 6) is 0. The third-order valence-electron chi connectivity index (χ3n) is 3.14. The van der Waals surface area contributed by atoms with Gasteiger partial charge in [0, 0.05) is 23.1 Å². The number of hydrogen-bond donors (Lipinski definition) is 1. The van der Waals surface area contributed by atoms with Crippen LogP contribution in [0.1, 0.15) is 17.1 Å². The zero-order valence-corrected chi connectivity index (χ0v) is 12.2. The molecule has 0 amide bonds. The van der Waals surface area contributed by atoms with Crippen LogP contribution >= 0.6 is 11.3 Å². The molecule has 0 saturated heterocycles. The van der Waals surface area contributed by atoms with Crippen molar-refractivity contribution in [3.63, 3.8) is 0 Å². The highest BCUT2D eigenvalue weighted by Gasteiger charge is 2.11. The van der Waals surface area contributed by atoms with Crippen LogP contribution in [-0.4, -0.2) is 21.7 Å². The Bertz CT molecular complexity index is 736. The topological polar surface area (TPSA) is 64.7 Å². The molecular weight excluding hydrogens is 268 g/mol. The summed E-state index contributed by atoms with van der Waals surface area (Å²) in [5.41, 5.74) is 8.65. The highest BCUT2D eigenvalue weighted by atomic mass is 32.1. The van der Waals surface area contributed by atoms with Gasteiger partial charge in [-0.2, -0.15) is 0 Å². The van der Waals surface area contributed by atoms with E-state index in [0.29, 0.717) is 6.54 Å². The Labute approximate surface area is 121 Å². The molecule has 0 spiro atoms. The number of nitrogens with two attached hydrogens (primary N) is 1. The molecule has 3 aromatic rings. The van der Waals surface area contributed by atoms with E-state index >= 15 is 0 Å². The van der Waals surface area contributed by atoms with E-state index in [1.807, 2.05) is 25.1 Å². The highest BCUT2D eigenvalue weighted by Crippen LogP contribution is 2.30. The number of hydrogen-bond acceptors (Lipinski definition) is 5. The first-order chi connectivity index (χ1) is 9.78. The molecule has 0 aliphatic carbocycles. The van der Waals surface area contributed by atoms with Crippen LogP contribution in [0.25, 0.3) is 21.5 Å². The smallest absolute Gasteiger partial charge is 0.148 e. The van der Waals surface area contributed by atoms with Crippen molar-refractivity contribution in [2.75, 3.05) is 6.54 Å². The van der Waals surface area contributed by atoms with Gasteiger partial charge in [0.2, 0.25) is 0 Å². The fourth-order valence-electron chi connectivity index (χ4n) is 2.20. The van der Waals surface area contributed by atoms with Crippen molar-refractivity contribution in [3.8, 4) is 10.6 Å². The Kier molecular flexibility index (Phi) is 3.71. The minimum Gasteiger partial charge on any atom is -0.330 e. The lowest BCUT2D eigenvalue weighted by molar-refractivity contribution is 0.812. The Hall–Kier alpha value is -1.85. The van der Waals surface area contributed by atoms with Crippen molar-refractivity contribution in [2.24, 2.45) is 5.73 Å². The second kappa shape index (κ2) is 5.64. The summed E-state index contributed by atoms with van der Waals surface area (Å²) in [6, 6.07) is 10.2. The van der Waals surface area contributed by atoms with E-state index in [-0.39, 0.29) is 0 Å². The van der Waals surface area contributed by atoms with E-state index in [2.05, 4.69) is 27.3 Å². The number of pyridine rings is 1. The molecule has 0 saturated carbocycles. The lowest BCUT2D eigenvalue weighted by Gasteiger charge is -2.04. The van der Waals surface area contributed by atoms with E-state index in [1.54, 1.807) is 11.3 Å². The van der Waals surface area contributed by atoms with Gasteiger partial charge in [0.1, 0.15) is 10.0 Å². The molecule has 1 aromatic carbocycles. The van der Waals surface area contributed by atoms with Crippen molar-refractivity contribution >= 4 is 22.2 Å². The number of nitrogens with zero attached hydrogens (tertiary/aromatic N) is 3. The van der Waals surface area contributed by atoms with Gasteiger partial charge >= 0.3 is 0 Å². The van der Waals surface area contributed by atoms with E-state index in [0.717, 1.165) is 45.0 Å². The van der Waals surface area contributed by atoms with Crippen molar-refractivity contribution in [1.29, 1.82) is 0 Å². The van der Waals surface area contributed by atoms with Crippen LogP contribution < -0.4 is 5.73 Å². The molecule has 2 heterocycles. The molecule has 0 aliphatic heterocycles. The van der Waals surface area contributed by atoms with Gasteiger partial charge < -0.3 is 5.73 Å². The predicted octanol–water partition coefficient (Wildman–Crippen LogP) is 2.95. The summed E-state index contributed by atoms with van der Waals surface area (Å²) in [6.45, 7) is 2.69. The van der Waals surface area contributed by atoms with Gasteiger partial charge in [-0.3, -0.25) is 4.98 Å². The number of fused-ring (bicyclic) bond motifs is 1. The van der Waals surface area contributed by atoms with Gasteiger partial charge in [0.25, 0.3) is 0 Å². The van der Waals surface area contributed by atoms with Crippen LogP contribution in [0.3, 0.4) is 0 Å². The molecule has 0 unspecified atom stereocenters. The van der Waals surface area contributed by atoms with Crippen LogP contribution in [0, 0.1) is 6.92 Å². The molecule has 0 aliphatic rings. The number of aromatic nitrogens is 3. The van der Waals surface area contributed by atoms with E-state index in [4.69, 9.17) is 5.73 Å². The SMILES string of the molecule is Cc1cc(-c2nnc(CCCN)s2)c2ccccc2n1. The summed E-state index contributed by atoms with van der Waals surface area (Å²) < 4.78 is 0. The number of benzene rings is 1. The van der Waals surface area contributed by atoms with Gasteiger partial charge in [-0.05, 0) is 32.0 Å².